The van der Waals surface area contributed by atoms with Gasteiger partial charge in [-0.3, -0.25) is 4.79 Å². The van der Waals surface area contributed by atoms with Gasteiger partial charge in [0.25, 0.3) is 5.56 Å². The number of nitrogens with one attached hydrogen (secondary N) is 1. The molecule has 8 nitrogen and oxygen atoms in total. The van der Waals surface area contributed by atoms with Crippen molar-refractivity contribution in [3.8, 4) is 0 Å². The van der Waals surface area contributed by atoms with E-state index in [9.17, 15) is 4.79 Å². The van der Waals surface area contributed by atoms with Gasteiger partial charge >= 0.3 is 7.12 Å². The van der Waals surface area contributed by atoms with Crippen LogP contribution in [0.1, 0.15) is 13.8 Å². The maximum absolute atomic E-state index is 12.6. The van der Waals surface area contributed by atoms with Gasteiger partial charge in [0.05, 0.1) is 24.1 Å². The first-order valence-corrected chi connectivity index (χ1v) is 9.97. The molecule has 2 aromatic heterocycles. The maximum atomic E-state index is 12.6. The Balaban J connectivity index is 1.51. The van der Waals surface area contributed by atoms with E-state index in [1.54, 1.807) is 19.3 Å². The SMILES string of the molecule is CN1CCN(c2ccc(Nc3cc(B4OCC(C)(C)O4)cn(C)c3=O)nc2)CC1. The summed E-state index contributed by atoms with van der Waals surface area (Å²) >= 11 is 0. The highest BCUT2D eigenvalue weighted by molar-refractivity contribution is 6.61. The average molecular weight is 397 g/mol. The average Bonchev–Trinajstić information content (AvgIpc) is 3.06. The molecule has 0 bridgehead atoms. The molecule has 9 heteroatoms. The number of hydrogen-bond acceptors (Lipinski definition) is 7. The summed E-state index contributed by atoms with van der Waals surface area (Å²) in [6.07, 6.45) is 3.61. The van der Waals surface area contributed by atoms with Crippen molar-refractivity contribution >= 4 is 29.8 Å². The zero-order chi connectivity index (χ0) is 20.6. The fourth-order valence-electron chi connectivity index (χ4n) is 3.60. The van der Waals surface area contributed by atoms with Crippen LogP contribution in [0.3, 0.4) is 0 Å². The van der Waals surface area contributed by atoms with Crippen LogP contribution >= 0.6 is 0 Å². The van der Waals surface area contributed by atoms with Gasteiger partial charge < -0.3 is 29.0 Å². The molecule has 0 saturated carbocycles. The zero-order valence-electron chi connectivity index (χ0n) is 17.5. The Morgan fingerprint density at radius 1 is 1.17 bits per heavy atom. The van der Waals surface area contributed by atoms with E-state index in [4.69, 9.17) is 9.31 Å². The fourth-order valence-corrected chi connectivity index (χ4v) is 3.60. The third-order valence-corrected chi connectivity index (χ3v) is 5.36. The van der Waals surface area contributed by atoms with E-state index in [1.165, 1.54) is 4.57 Å². The number of hydrogen-bond donors (Lipinski definition) is 1. The minimum absolute atomic E-state index is 0.129. The van der Waals surface area contributed by atoms with Crippen LogP contribution in [0, 0.1) is 0 Å². The molecule has 4 rings (SSSR count). The number of rotatable bonds is 4. The lowest BCUT2D eigenvalue weighted by Crippen LogP contribution is -2.44. The smallest absolute Gasteiger partial charge is 0.404 e. The molecule has 0 aromatic carbocycles. The highest BCUT2D eigenvalue weighted by Crippen LogP contribution is 2.21. The molecule has 0 unspecified atom stereocenters. The second kappa shape index (κ2) is 7.81. The summed E-state index contributed by atoms with van der Waals surface area (Å²) < 4.78 is 13.2. The lowest BCUT2D eigenvalue weighted by molar-refractivity contribution is 0.137. The molecule has 2 aliphatic rings. The van der Waals surface area contributed by atoms with Crippen molar-refractivity contribution < 1.29 is 9.31 Å². The second-order valence-electron chi connectivity index (χ2n) is 8.44. The molecular formula is C20H28BN5O3. The predicted molar refractivity (Wildman–Crippen MR) is 115 cm³/mol. The van der Waals surface area contributed by atoms with Gasteiger partial charge in [-0.05, 0) is 39.1 Å². The van der Waals surface area contributed by atoms with E-state index in [2.05, 4.69) is 27.1 Å². The van der Waals surface area contributed by atoms with Crippen molar-refractivity contribution in [2.45, 2.75) is 19.4 Å². The lowest BCUT2D eigenvalue weighted by Gasteiger charge is -2.33. The van der Waals surface area contributed by atoms with E-state index in [0.29, 0.717) is 18.1 Å². The Kier molecular flexibility index (Phi) is 5.37. The third kappa shape index (κ3) is 4.47. The summed E-state index contributed by atoms with van der Waals surface area (Å²) in [7, 11) is 3.38. The number of aromatic nitrogens is 2. The molecule has 2 aliphatic heterocycles. The van der Waals surface area contributed by atoms with E-state index in [0.717, 1.165) is 37.3 Å². The molecule has 1 N–H and O–H groups in total. The maximum Gasteiger partial charge on any atom is 0.496 e. The van der Waals surface area contributed by atoms with Crippen molar-refractivity contribution in [2.24, 2.45) is 7.05 Å². The van der Waals surface area contributed by atoms with Gasteiger partial charge in [-0.2, -0.15) is 0 Å². The van der Waals surface area contributed by atoms with Gasteiger partial charge in [0, 0.05) is 44.9 Å². The Hall–Kier alpha value is -2.36. The third-order valence-electron chi connectivity index (χ3n) is 5.36. The molecular weight excluding hydrogens is 369 g/mol. The Bertz CT molecular complexity index is 923. The summed E-state index contributed by atoms with van der Waals surface area (Å²) in [5.41, 5.74) is 1.88. The molecule has 2 fully saturated rings. The quantitative estimate of drug-likeness (QED) is 0.766. The first-order valence-electron chi connectivity index (χ1n) is 9.97. The number of pyridine rings is 2. The normalized spacial score (nSPS) is 19.6. The van der Waals surface area contributed by atoms with Crippen LogP contribution in [0.2, 0.25) is 0 Å². The second-order valence-corrected chi connectivity index (χ2v) is 8.44. The minimum Gasteiger partial charge on any atom is -0.404 e. The molecule has 2 saturated heterocycles. The van der Waals surface area contributed by atoms with Crippen molar-refractivity contribution in [1.82, 2.24) is 14.5 Å². The molecule has 29 heavy (non-hydrogen) atoms. The molecule has 0 atom stereocenters. The molecule has 0 aliphatic carbocycles. The van der Waals surface area contributed by atoms with Crippen LogP contribution in [0.15, 0.2) is 35.4 Å². The van der Waals surface area contributed by atoms with Gasteiger partial charge in [0.2, 0.25) is 0 Å². The largest absolute Gasteiger partial charge is 0.496 e. The molecule has 0 radical (unpaired) electrons. The summed E-state index contributed by atoms with van der Waals surface area (Å²) in [5.74, 6) is 0.630. The summed E-state index contributed by atoms with van der Waals surface area (Å²) in [4.78, 5) is 21.8. The molecule has 0 spiro atoms. The van der Waals surface area contributed by atoms with Crippen molar-refractivity contribution in [2.75, 3.05) is 50.1 Å². The first-order chi connectivity index (χ1) is 13.8. The van der Waals surface area contributed by atoms with Gasteiger partial charge in [-0.15, -0.1) is 0 Å². The highest BCUT2D eigenvalue weighted by atomic mass is 16.7. The van der Waals surface area contributed by atoms with Crippen LogP contribution in [-0.2, 0) is 16.4 Å². The zero-order valence-corrected chi connectivity index (χ0v) is 17.5. The van der Waals surface area contributed by atoms with Gasteiger partial charge in [-0.25, -0.2) is 4.98 Å². The van der Waals surface area contributed by atoms with Gasteiger partial charge in [0.1, 0.15) is 11.5 Å². The number of piperazine rings is 1. The Morgan fingerprint density at radius 2 is 1.93 bits per heavy atom. The first kappa shape index (κ1) is 19.9. The summed E-state index contributed by atoms with van der Waals surface area (Å²) in [6.45, 7) is 8.56. The van der Waals surface area contributed by atoms with Crippen LogP contribution in [0.25, 0.3) is 0 Å². The van der Waals surface area contributed by atoms with Crippen LogP contribution in [0.5, 0.6) is 0 Å². The standard InChI is InChI=1S/C20H28BN5O3/c1-20(2)14-28-21(29-20)15-11-17(19(27)25(4)13-15)23-18-6-5-16(12-22-18)26-9-7-24(3)8-10-26/h5-6,11-13H,7-10,14H2,1-4H3,(H,22,23). The topological polar surface area (TPSA) is 71.9 Å². The van der Waals surface area contributed by atoms with Crippen molar-refractivity contribution in [3.63, 3.8) is 0 Å². The molecule has 4 heterocycles. The molecule has 2 aromatic rings. The Labute approximate surface area is 171 Å². The van der Waals surface area contributed by atoms with Gasteiger partial charge in [-0.1, -0.05) is 0 Å². The van der Waals surface area contributed by atoms with E-state index < -0.39 is 7.12 Å². The van der Waals surface area contributed by atoms with Crippen molar-refractivity contribution in [1.29, 1.82) is 0 Å². The number of nitrogens with zero attached hydrogens (tertiary/aromatic N) is 4. The minimum atomic E-state index is -0.482. The van der Waals surface area contributed by atoms with E-state index in [-0.39, 0.29) is 11.2 Å². The molecule has 0 amide bonds. The summed E-state index contributed by atoms with van der Waals surface area (Å²) in [5, 5.41) is 3.15. The van der Waals surface area contributed by atoms with Crippen LogP contribution in [-0.4, -0.2) is 67.0 Å². The van der Waals surface area contributed by atoms with E-state index in [1.807, 2.05) is 32.2 Å². The van der Waals surface area contributed by atoms with Crippen LogP contribution in [0.4, 0.5) is 17.2 Å². The lowest BCUT2D eigenvalue weighted by atomic mass is 9.80. The summed E-state index contributed by atoms with van der Waals surface area (Å²) in [6, 6.07) is 5.73. The Morgan fingerprint density at radius 3 is 2.55 bits per heavy atom. The van der Waals surface area contributed by atoms with Gasteiger partial charge in [0.15, 0.2) is 0 Å². The predicted octanol–water partition coefficient (Wildman–Crippen LogP) is 0.796. The molecule has 154 valence electrons. The number of aryl methyl sites for hydroxylation is 1. The fraction of sp³-hybridized carbons (Fsp3) is 0.500. The number of likely N-dealkylation sites (N-methyl/N-ethyl adjacent to an activating group) is 1. The highest BCUT2D eigenvalue weighted by Gasteiger charge is 2.38. The monoisotopic (exact) mass is 397 g/mol. The van der Waals surface area contributed by atoms with E-state index >= 15 is 0 Å². The van der Waals surface area contributed by atoms with Crippen LogP contribution < -0.4 is 21.2 Å². The number of anilines is 3. The van der Waals surface area contributed by atoms with Crippen molar-refractivity contribution in [3.05, 3.63) is 40.9 Å².